The Hall–Kier alpha value is -1.24. The van der Waals surface area contributed by atoms with E-state index in [1.807, 2.05) is 13.0 Å². The van der Waals surface area contributed by atoms with Crippen molar-refractivity contribution in [2.24, 2.45) is 0 Å². The molecule has 0 saturated carbocycles. The molecule has 2 N–H and O–H groups in total. The van der Waals surface area contributed by atoms with Crippen molar-refractivity contribution in [1.29, 1.82) is 0 Å². The van der Waals surface area contributed by atoms with Gasteiger partial charge in [-0.2, -0.15) is 0 Å². The summed E-state index contributed by atoms with van der Waals surface area (Å²) in [6.07, 6.45) is 19.3. The molecule has 0 atom stereocenters. The second kappa shape index (κ2) is 12.3. The maximum absolute atomic E-state index is 5.98. The Bertz CT molecular complexity index is 420. The number of hydrogen-bond acceptors (Lipinski definition) is 1. The molecular formula is C21H35N. The topological polar surface area (TPSA) is 26.0 Å². The number of benzene rings is 1. The van der Waals surface area contributed by atoms with Crippen molar-refractivity contribution < 1.29 is 0 Å². The molecule has 0 saturated heterocycles. The Kier molecular flexibility index (Phi) is 10.5. The summed E-state index contributed by atoms with van der Waals surface area (Å²) in [6, 6.07) is 6.46. The zero-order valence-corrected chi connectivity index (χ0v) is 14.7. The van der Waals surface area contributed by atoms with Crippen molar-refractivity contribution in [2.45, 2.75) is 84.5 Å². The molecule has 1 aromatic rings. The number of unbranched alkanes of at least 4 members (excludes halogenated alkanes) is 9. The number of allylic oxidation sites excluding steroid dienone is 1. The third kappa shape index (κ3) is 8.26. The van der Waals surface area contributed by atoms with Crippen molar-refractivity contribution in [3.63, 3.8) is 0 Å². The first-order chi connectivity index (χ1) is 10.8. The van der Waals surface area contributed by atoms with E-state index in [-0.39, 0.29) is 0 Å². The van der Waals surface area contributed by atoms with Crippen molar-refractivity contribution >= 4 is 11.8 Å². The molecule has 1 aromatic carbocycles. The zero-order chi connectivity index (χ0) is 16.0. The second-order valence-electron chi connectivity index (χ2n) is 6.40. The van der Waals surface area contributed by atoms with E-state index in [1.165, 1.54) is 76.2 Å². The van der Waals surface area contributed by atoms with Crippen LogP contribution in [0.1, 0.15) is 89.2 Å². The van der Waals surface area contributed by atoms with Crippen LogP contribution in [0, 0.1) is 0 Å². The average Bonchev–Trinajstić information content (AvgIpc) is 2.52. The fourth-order valence-corrected chi connectivity index (χ4v) is 2.92. The minimum absolute atomic E-state index is 0.880. The third-order valence-electron chi connectivity index (χ3n) is 4.32. The lowest BCUT2D eigenvalue weighted by Crippen LogP contribution is -1.93. The van der Waals surface area contributed by atoms with Crippen LogP contribution < -0.4 is 5.73 Å². The summed E-state index contributed by atoms with van der Waals surface area (Å²) in [7, 11) is 0. The highest BCUT2D eigenvalue weighted by atomic mass is 14.5. The summed E-state index contributed by atoms with van der Waals surface area (Å²) in [5.74, 6) is 0. The van der Waals surface area contributed by atoms with Gasteiger partial charge in [-0.25, -0.2) is 0 Å². The molecule has 0 spiro atoms. The van der Waals surface area contributed by atoms with Crippen molar-refractivity contribution in [3.8, 4) is 0 Å². The number of rotatable bonds is 12. The van der Waals surface area contributed by atoms with Crippen LogP contribution in [-0.4, -0.2) is 0 Å². The van der Waals surface area contributed by atoms with Gasteiger partial charge >= 0.3 is 0 Å². The van der Waals surface area contributed by atoms with Gasteiger partial charge in [-0.3, -0.25) is 0 Å². The van der Waals surface area contributed by atoms with Gasteiger partial charge in [0.1, 0.15) is 0 Å². The number of hydrogen-bond donors (Lipinski definition) is 1. The largest absolute Gasteiger partial charge is 0.398 e. The highest BCUT2D eigenvalue weighted by Crippen LogP contribution is 2.18. The lowest BCUT2D eigenvalue weighted by molar-refractivity contribution is 0.556. The molecule has 0 heterocycles. The van der Waals surface area contributed by atoms with Gasteiger partial charge in [0, 0.05) is 5.69 Å². The molecule has 0 fully saturated rings. The molecule has 1 rings (SSSR count). The van der Waals surface area contributed by atoms with Gasteiger partial charge in [0.2, 0.25) is 0 Å². The van der Waals surface area contributed by atoms with Crippen LogP contribution in [0.4, 0.5) is 5.69 Å². The minimum atomic E-state index is 0.880. The van der Waals surface area contributed by atoms with Crippen LogP contribution in [0.15, 0.2) is 24.3 Å². The predicted molar refractivity (Wildman–Crippen MR) is 101 cm³/mol. The number of nitrogens with two attached hydrogens (primary N) is 1. The molecule has 1 nitrogen and oxygen atoms in total. The monoisotopic (exact) mass is 301 g/mol. The highest BCUT2D eigenvalue weighted by molar-refractivity contribution is 5.65. The van der Waals surface area contributed by atoms with Gasteiger partial charge in [0.25, 0.3) is 0 Å². The Morgan fingerprint density at radius 2 is 1.45 bits per heavy atom. The molecule has 124 valence electrons. The zero-order valence-electron chi connectivity index (χ0n) is 14.7. The highest BCUT2D eigenvalue weighted by Gasteiger charge is 1.99. The predicted octanol–water partition coefficient (Wildman–Crippen LogP) is 6.77. The Balaban J connectivity index is 2.08. The first-order valence-corrected chi connectivity index (χ1v) is 9.29. The molecule has 1 heteroatoms. The Morgan fingerprint density at radius 1 is 0.864 bits per heavy atom. The number of aryl methyl sites for hydroxylation is 1. The fraction of sp³-hybridized carbons (Fsp3) is 0.619. The first-order valence-electron chi connectivity index (χ1n) is 9.29. The molecule has 0 aliphatic rings. The van der Waals surface area contributed by atoms with E-state index in [1.54, 1.807) is 0 Å². The van der Waals surface area contributed by atoms with Gasteiger partial charge in [-0.1, -0.05) is 82.9 Å². The van der Waals surface area contributed by atoms with Crippen LogP contribution in [0.3, 0.4) is 0 Å². The van der Waals surface area contributed by atoms with E-state index in [0.29, 0.717) is 0 Å². The third-order valence-corrected chi connectivity index (χ3v) is 4.32. The average molecular weight is 302 g/mol. The van der Waals surface area contributed by atoms with E-state index in [4.69, 9.17) is 5.73 Å². The number of nitrogen functional groups attached to an aromatic ring is 1. The first kappa shape index (κ1) is 18.8. The van der Waals surface area contributed by atoms with Crippen LogP contribution in [0.2, 0.25) is 0 Å². The maximum Gasteiger partial charge on any atom is 0.0387 e. The molecular weight excluding hydrogens is 266 g/mol. The molecule has 0 amide bonds. The van der Waals surface area contributed by atoms with Crippen molar-refractivity contribution in [1.82, 2.24) is 0 Å². The molecule has 0 aliphatic heterocycles. The van der Waals surface area contributed by atoms with Gasteiger partial charge in [-0.05, 0) is 43.0 Å². The van der Waals surface area contributed by atoms with Gasteiger partial charge in [-0.15, -0.1) is 0 Å². The molecule has 0 radical (unpaired) electrons. The fourth-order valence-electron chi connectivity index (χ4n) is 2.92. The summed E-state index contributed by atoms with van der Waals surface area (Å²) in [4.78, 5) is 0. The van der Waals surface area contributed by atoms with Crippen LogP contribution in [-0.2, 0) is 6.42 Å². The van der Waals surface area contributed by atoms with E-state index in [9.17, 15) is 0 Å². The smallest absolute Gasteiger partial charge is 0.0387 e. The summed E-state index contributed by atoms with van der Waals surface area (Å²) >= 11 is 0. The van der Waals surface area contributed by atoms with E-state index in [2.05, 4.69) is 31.2 Å². The van der Waals surface area contributed by atoms with Crippen LogP contribution >= 0.6 is 0 Å². The lowest BCUT2D eigenvalue weighted by atomic mass is 10.0. The van der Waals surface area contributed by atoms with Gasteiger partial charge < -0.3 is 5.73 Å². The normalized spacial score (nSPS) is 11.4. The van der Waals surface area contributed by atoms with Crippen molar-refractivity contribution in [2.75, 3.05) is 5.73 Å². The van der Waals surface area contributed by atoms with Crippen LogP contribution in [0.25, 0.3) is 6.08 Å². The quantitative estimate of drug-likeness (QED) is 0.335. The number of anilines is 1. The molecule has 0 aromatic heterocycles. The van der Waals surface area contributed by atoms with Crippen LogP contribution in [0.5, 0.6) is 0 Å². The summed E-state index contributed by atoms with van der Waals surface area (Å²) in [6.45, 7) is 4.32. The summed E-state index contributed by atoms with van der Waals surface area (Å²) in [5.41, 5.74) is 9.43. The molecule has 22 heavy (non-hydrogen) atoms. The van der Waals surface area contributed by atoms with Gasteiger partial charge in [0.05, 0.1) is 0 Å². The molecule has 0 bridgehead atoms. The molecule has 0 unspecified atom stereocenters. The molecule has 0 aliphatic carbocycles. The van der Waals surface area contributed by atoms with E-state index < -0.39 is 0 Å². The summed E-state index contributed by atoms with van der Waals surface area (Å²) in [5, 5.41) is 0. The minimum Gasteiger partial charge on any atom is -0.398 e. The Labute approximate surface area is 138 Å². The SMILES string of the molecule is C/C=C/c1cc(CCCCCCCCCCCC)ccc1N. The second-order valence-corrected chi connectivity index (χ2v) is 6.40. The maximum atomic E-state index is 5.98. The Morgan fingerprint density at radius 3 is 2.05 bits per heavy atom. The summed E-state index contributed by atoms with van der Waals surface area (Å²) < 4.78 is 0. The lowest BCUT2D eigenvalue weighted by Gasteiger charge is -2.06. The van der Waals surface area contributed by atoms with Gasteiger partial charge in [0.15, 0.2) is 0 Å². The standard InChI is InChI=1S/C21H35N/c1-3-5-6-7-8-9-10-11-12-13-15-19-16-17-21(22)20(18-19)14-4-2/h4,14,16-18H,3,5-13,15,22H2,1-2H3/b14-4+. The van der Waals surface area contributed by atoms with E-state index in [0.717, 1.165) is 11.3 Å². The van der Waals surface area contributed by atoms with E-state index >= 15 is 0 Å². The van der Waals surface area contributed by atoms with Crippen molar-refractivity contribution in [3.05, 3.63) is 35.4 Å².